The number of nitrogens with one attached hydrogen (secondary N) is 1. The molecule has 0 aliphatic carbocycles. The lowest BCUT2D eigenvalue weighted by atomic mass is 10.1. The van der Waals surface area contributed by atoms with Gasteiger partial charge in [0.25, 0.3) is 0 Å². The van der Waals surface area contributed by atoms with E-state index in [-0.39, 0.29) is 12.3 Å². The largest absolute Gasteiger partial charge is 0.495 e. The van der Waals surface area contributed by atoms with Gasteiger partial charge in [0.2, 0.25) is 5.91 Å². The van der Waals surface area contributed by atoms with Crippen LogP contribution in [-0.2, 0) is 17.8 Å². The molecule has 0 aliphatic rings. The summed E-state index contributed by atoms with van der Waals surface area (Å²) in [5.41, 5.74) is 2.60. The van der Waals surface area contributed by atoms with Crippen molar-refractivity contribution in [2.24, 2.45) is 0 Å². The summed E-state index contributed by atoms with van der Waals surface area (Å²) in [6.07, 6.45) is 5.30. The molecule has 0 bridgehead atoms. The number of ether oxygens (including phenoxy) is 2. The zero-order valence-electron chi connectivity index (χ0n) is 17.7. The Bertz CT molecular complexity index is 1310. The monoisotopic (exact) mass is 427 g/mol. The number of carbonyl (C=O) groups excluding carboxylic acids is 1. The number of anilines is 1. The van der Waals surface area contributed by atoms with Crippen molar-refractivity contribution in [1.82, 2.24) is 14.8 Å². The second kappa shape index (κ2) is 9.18. The molecule has 0 unspecified atom stereocenters. The van der Waals surface area contributed by atoms with Gasteiger partial charge in [-0.1, -0.05) is 12.1 Å². The molecule has 2 heterocycles. The van der Waals surface area contributed by atoms with Crippen LogP contribution < -0.4 is 14.8 Å². The molecule has 4 aromatic rings. The summed E-state index contributed by atoms with van der Waals surface area (Å²) in [6, 6.07) is 14.6. The van der Waals surface area contributed by atoms with Crippen molar-refractivity contribution in [3.05, 3.63) is 72.2 Å². The average Bonchev–Trinajstić information content (AvgIpc) is 3.27. The van der Waals surface area contributed by atoms with E-state index in [1.165, 1.54) is 7.11 Å². The predicted molar refractivity (Wildman–Crippen MR) is 120 cm³/mol. The van der Waals surface area contributed by atoms with E-state index in [2.05, 4.69) is 21.5 Å². The summed E-state index contributed by atoms with van der Waals surface area (Å²) in [5.74, 6) is 1.54. The minimum Gasteiger partial charge on any atom is -0.495 e. The predicted octanol–water partition coefficient (Wildman–Crippen LogP) is 4.30. The SMILES string of the molecule is CCn1cc(NC(=O)Cc2ccc(Oc3ccnc4cc(OC)c(C#N)cc34)cc2)cn1. The fourth-order valence-electron chi connectivity index (χ4n) is 3.29. The first-order chi connectivity index (χ1) is 15.6. The number of pyridine rings is 1. The van der Waals surface area contributed by atoms with E-state index in [0.717, 1.165) is 12.1 Å². The quantitative estimate of drug-likeness (QED) is 0.472. The Morgan fingerprint density at radius 3 is 2.69 bits per heavy atom. The Morgan fingerprint density at radius 2 is 2.00 bits per heavy atom. The van der Waals surface area contributed by atoms with Gasteiger partial charge in [0, 0.05) is 30.4 Å². The number of nitriles is 1. The van der Waals surface area contributed by atoms with Gasteiger partial charge in [-0.25, -0.2) is 0 Å². The molecule has 2 aromatic heterocycles. The highest BCUT2D eigenvalue weighted by molar-refractivity contribution is 5.92. The Balaban J connectivity index is 1.47. The van der Waals surface area contributed by atoms with Crippen molar-refractivity contribution >= 4 is 22.5 Å². The van der Waals surface area contributed by atoms with Gasteiger partial charge in [0.05, 0.1) is 36.5 Å². The van der Waals surface area contributed by atoms with E-state index in [0.29, 0.717) is 39.4 Å². The van der Waals surface area contributed by atoms with Gasteiger partial charge in [-0.2, -0.15) is 10.4 Å². The third kappa shape index (κ3) is 4.52. The molecule has 0 radical (unpaired) electrons. The molecule has 0 fully saturated rings. The number of methoxy groups -OCH3 is 1. The lowest BCUT2D eigenvalue weighted by Gasteiger charge is -2.11. The van der Waals surface area contributed by atoms with Crippen LogP contribution in [0.1, 0.15) is 18.1 Å². The van der Waals surface area contributed by atoms with Crippen LogP contribution >= 0.6 is 0 Å². The van der Waals surface area contributed by atoms with E-state index in [1.54, 1.807) is 53.6 Å². The second-order valence-electron chi connectivity index (χ2n) is 7.05. The number of benzene rings is 2. The number of aromatic nitrogens is 3. The van der Waals surface area contributed by atoms with Gasteiger partial charge in [0.1, 0.15) is 23.3 Å². The zero-order chi connectivity index (χ0) is 22.5. The lowest BCUT2D eigenvalue weighted by Crippen LogP contribution is -2.13. The van der Waals surface area contributed by atoms with E-state index in [1.807, 2.05) is 19.1 Å². The van der Waals surface area contributed by atoms with Gasteiger partial charge in [-0.15, -0.1) is 0 Å². The molecule has 2 aromatic carbocycles. The van der Waals surface area contributed by atoms with Crippen molar-refractivity contribution in [3.63, 3.8) is 0 Å². The molecule has 1 amide bonds. The molecule has 0 atom stereocenters. The maximum Gasteiger partial charge on any atom is 0.228 e. The van der Waals surface area contributed by atoms with Crippen LogP contribution in [0, 0.1) is 11.3 Å². The van der Waals surface area contributed by atoms with E-state index in [4.69, 9.17) is 9.47 Å². The highest BCUT2D eigenvalue weighted by Crippen LogP contribution is 2.33. The van der Waals surface area contributed by atoms with E-state index >= 15 is 0 Å². The van der Waals surface area contributed by atoms with Crippen LogP contribution in [0.3, 0.4) is 0 Å². The van der Waals surface area contributed by atoms with Crippen molar-refractivity contribution < 1.29 is 14.3 Å². The first-order valence-electron chi connectivity index (χ1n) is 10.1. The van der Waals surface area contributed by atoms with Crippen LogP contribution in [0.5, 0.6) is 17.2 Å². The number of amides is 1. The van der Waals surface area contributed by atoms with Gasteiger partial charge in [-0.3, -0.25) is 14.5 Å². The summed E-state index contributed by atoms with van der Waals surface area (Å²) in [5, 5.41) is 17.1. The van der Waals surface area contributed by atoms with Gasteiger partial charge in [0.15, 0.2) is 0 Å². The highest BCUT2D eigenvalue weighted by Gasteiger charge is 2.11. The van der Waals surface area contributed by atoms with Crippen LogP contribution in [-0.4, -0.2) is 27.8 Å². The van der Waals surface area contributed by atoms with E-state index in [9.17, 15) is 10.1 Å². The average molecular weight is 427 g/mol. The third-order valence-electron chi connectivity index (χ3n) is 4.90. The van der Waals surface area contributed by atoms with Gasteiger partial charge >= 0.3 is 0 Å². The van der Waals surface area contributed by atoms with Crippen molar-refractivity contribution in [2.75, 3.05) is 12.4 Å². The zero-order valence-corrected chi connectivity index (χ0v) is 17.7. The molecule has 4 rings (SSSR count). The summed E-state index contributed by atoms with van der Waals surface area (Å²) >= 11 is 0. The standard InChI is InChI=1S/C24H21N5O3/c1-3-29-15-18(14-27-29)28-24(30)10-16-4-6-19(7-5-16)32-22-8-9-26-21-12-23(31-2)17(13-25)11-20(21)22/h4-9,11-12,14-15H,3,10H2,1-2H3,(H,28,30). The molecular weight excluding hydrogens is 406 g/mol. The highest BCUT2D eigenvalue weighted by atomic mass is 16.5. The minimum absolute atomic E-state index is 0.118. The summed E-state index contributed by atoms with van der Waals surface area (Å²) in [7, 11) is 1.52. The molecule has 160 valence electrons. The summed E-state index contributed by atoms with van der Waals surface area (Å²) in [4.78, 5) is 16.6. The van der Waals surface area contributed by atoms with Crippen LogP contribution in [0.2, 0.25) is 0 Å². The number of hydrogen-bond donors (Lipinski definition) is 1. The Hall–Kier alpha value is -4.38. The number of carbonyl (C=O) groups is 1. The first kappa shape index (κ1) is 20.9. The smallest absolute Gasteiger partial charge is 0.228 e. The first-order valence-corrected chi connectivity index (χ1v) is 10.1. The summed E-state index contributed by atoms with van der Waals surface area (Å²) in [6.45, 7) is 2.73. The van der Waals surface area contributed by atoms with Crippen LogP contribution in [0.15, 0.2) is 61.1 Å². The molecule has 0 saturated heterocycles. The number of nitrogens with zero attached hydrogens (tertiary/aromatic N) is 4. The molecule has 8 heteroatoms. The van der Waals surface area contributed by atoms with Crippen molar-refractivity contribution in [3.8, 4) is 23.3 Å². The molecule has 0 spiro atoms. The molecule has 0 aliphatic heterocycles. The van der Waals surface area contributed by atoms with Crippen LogP contribution in [0.25, 0.3) is 10.9 Å². The maximum atomic E-state index is 12.3. The Morgan fingerprint density at radius 1 is 1.19 bits per heavy atom. The Kier molecular flexibility index (Phi) is 5.99. The number of fused-ring (bicyclic) bond motifs is 1. The fraction of sp³-hybridized carbons (Fsp3) is 0.167. The molecule has 32 heavy (non-hydrogen) atoms. The maximum absolute atomic E-state index is 12.3. The third-order valence-corrected chi connectivity index (χ3v) is 4.90. The number of hydrogen-bond acceptors (Lipinski definition) is 6. The molecule has 1 N–H and O–H groups in total. The molecular formula is C24H21N5O3. The van der Waals surface area contributed by atoms with Crippen molar-refractivity contribution in [1.29, 1.82) is 5.26 Å². The lowest BCUT2D eigenvalue weighted by molar-refractivity contribution is -0.115. The van der Waals surface area contributed by atoms with Crippen molar-refractivity contribution in [2.45, 2.75) is 19.9 Å². The normalized spacial score (nSPS) is 10.5. The number of aryl methyl sites for hydroxylation is 1. The van der Waals surface area contributed by atoms with Crippen LogP contribution in [0.4, 0.5) is 5.69 Å². The topological polar surface area (TPSA) is 102 Å². The van der Waals surface area contributed by atoms with Gasteiger partial charge in [-0.05, 0) is 36.8 Å². The number of rotatable bonds is 7. The summed E-state index contributed by atoms with van der Waals surface area (Å²) < 4.78 is 13.0. The van der Waals surface area contributed by atoms with Gasteiger partial charge < -0.3 is 14.8 Å². The minimum atomic E-state index is -0.118. The second-order valence-corrected chi connectivity index (χ2v) is 7.05. The fourth-order valence-corrected chi connectivity index (χ4v) is 3.29. The van der Waals surface area contributed by atoms with E-state index < -0.39 is 0 Å². The molecule has 0 saturated carbocycles. The molecule has 8 nitrogen and oxygen atoms in total. The Labute approximate surface area is 185 Å².